The third kappa shape index (κ3) is 2.96. The highest BCUT2D eigenvalue weighted by molar-refractivity contribution is 6.58. The number of hydrogen-bond donors (Lipinski definition) is 2. The molecule has 1 amide bonds. The zero-order chi connectivity index (χ0) is 14.0. The number of carbonyl (C=O) groups excluding carboxylic acids is 1. The van der Waals surface area contributed by atoms with Gasteiger partial charge in [0.15, 0.2) is 0 Å². The molecule has 0 aliphatic carbocycles. The van der Waals surface area contributed by atoms with E-state index in [4.69, 9.17) is 10.0 Å². The van der Waals surface area contributed by atoms with Gasteiger partial charge in [0.05, 0.1) is 5.56 Å². The molecule has 0 saturated carbocycles. The van der Waals surface area contributed by atoms with Gasteiger partial charge < -0.3 is 14.9 Å². The van der Waals surface area contributed by atoms with Gasteiger partial charge in [-0.1, -0.05) is 19.1 Å². The maximum atomic E-state index is 14.1. The number of benzene rings is 1. The van der Waals surface area contributed by atoms with Gasteiger partial charge in [0.25, 0.3) is 5.91 Å². The van der Waals surface area contributed by atoms with Gasteiger partial charge in [-0.05, 0) is 24.8 Å². The van der Waals surface area contributed by atoms with E-state index in [1.54, 1.807) is 4.90 Å². The zero-order valence-corrected chi connectivity index (χ0v) is 10.8. The summed E-state index contributed by atoms with van der Waals surface area (Å²) < 4.78 is 14.1. The van der Waals surface area contributed by atoms with E-state index in [1.165, 1.54) is 18.2 Å². The minimum Gasteiger partial charge on any atom is -0.423 e. The van der Waals surface area contributed by atoms with Gasteiger partial charge in [-0.25, -0.2) is 4.39 Å². The third-order valence-corrected chi connectivity index (χ3v) is 3.48. The summed E-state index contributed by atoms with van der Waals surface area (Å²) in [5.74, 6) is -0.820. The molecule has 1 aromatic carbocycles. The Bertz CT molecular complexity index is 481. The first-order chi connectivity index (χ1) is 9.00. The van der Waals surface area contributed by atoms with Crippen molar-refractivity contribution in [2.45, 2.75) is 19.8 Å². The van der Waals surface area contributed by atoms with Crippen molar-refractivity contribution < 1.29 is 19.2 Å². The first-order valence-electron chi connectivity index (χ1n) is 6.44. The molecule has 1 heterocycles. The van der Waals surface area contributed by atoms with Crippen LogP contribution >= 0.6 is 0 Å². The van der Waals surface area contributed by atoms with Gasteiger partial charge in [0, 0.05) is 18.6 Å². The van der Waals surface area contributed by atoms with Crippen molar-refractivity contribution >= 4 is 18.5 Å². The monoisotopic (exact) mass is 265 g/mol. The maximum Gasteiger partial charge on any atom is 0.491 e. The SMILES string of the molecule is CC1CCCN(C(=O)c2cccc(B(O)O)c2F)C1. The normalized spacial score (nSPS) is 19.4. The molecular weight excluding hydrogens is 248 g/mol. The van der Waals surface area contributed by atoms with Crippen molar-refractivity contribution in [2.75, 3.05) is 13.1 Å². The van der Waals surface area contributed by atoms with E-state index in [2.05, 4.69) is 6.92 Å². The van der Waals surface area contributed by atoms with Gasteiger partial charge >= 0.3 is 7.12 Å². The molecule has 19 heavy (non-hydrogen) atoms. The van der Waals surface area contributed by atoms with E-state index in [-0.39, 0.29) is 16.9 Å². The molecule has 2 rings (SSSR count). The lowest BCUT2D eigenvalue weighted by molar-refractivity contribution is 0.0678. The highest BCUT2D eigenvalue weighted by atomic mass is 19.1. The van der Waals surface area contributed by atoms with Crippen molar-refractivity contribution in [1.29, 1.82) is 0 Å². The number of amides is 1. The molecule has 0 radical (unpaired) electrons. The summed E-state index contributed by atoms with van der Waals surface area (Å²) in [6.07, 6.45) is 1.98. The van der Waals surface area contributed by atoms with Gasteiger partial charge in [-0.15, -0.1) is 0 Å². The Morgan fingerprint density at radius 3 is 2.84 bits per heavy atom. The molecule has 1 atom stereocenters. The second-order valence-corrected chi connectivity index (χ2v) is 5.08. The van der Waals surface area contributed by atoms with E-state index in [1.807, 2.05) is 0 Å². The number of likely N-dealkylation sites (tertiary alicyclic amines) is 1. The van der Waals surface area contributed by atoms with Crippen LogP contribution in [0.3, 0.4) is 0 Å². The fourth-order valence-electron chi connectivity index (χ4n) is 2.46. The van der Waals surface area contributed by atoms with Crippen LogP contribution in [0.1, 0.15) is 30.1 Å². The summed E-state index contributed by atoms with van der Waals surface area (Å²) in [7, 11) is -1.91. The number of hydrogen-bond acceptors (Lipinski definition) is 3. The van der Waals surface area contributed by atoms with Crippen LogP contribution < -0.4 is 5.46 Å². The Balaban J connectivity index is 2.26. The minimum absolute atomic E-state index is 0.0975. The van der Waals surface area contributed by atoms with Crippen LogP contribution in [0.5, 0.6) is 0 Å². The fourth-order valence-corrected chi connectivity index (χ4v) is 2.46. The topological polar surface area (TPSA) is 60.8 Å². The maximum absolute atomic E-state index is 14.1. The van der Waals surface area contributed by atoms with Crippen molar-refractivity contribution in [2.24, 2.45) is 5.92 Å². The van der Waals surface area contributed by atoms with E-state index in [0.717, 1.165) is 12.8 Å². The van der Waals surface area contributed by atoms with Gasteiger partial charge in [-0.3, -0.25) is 4.79 Å². The number of carbonyl (C=O) groups is 1. The number of piperidine rings is 1. The first-order valence-corrected chi connectivity index (χ1v) is 6.44. The largest absolute Gasteiger partial charge is 0.491 e. The number of nitrogens with zero attached hydrogens (tertiary/aromatic N) is 1. The van der Waals surface area contributed by atoms with Crippen molar-refractivity contribution in [3.05, 3.63) is 29.6 Å². The Morgan fingerprint density at radius 1 is 1.47 bits per heavy atom. The lowest BCUT2D eigenvalue weighted by Gasteiger charge is -2.31. The summed E-state index contributed by atoms with van der Waals surface area (Å²) >= 11 is 0. The van der Waals surface area contributed by atoms with Crippen LogP contribution in [0.4, 0.5) is 4.39 Å². The van der Waals surface area contributed by atoms with E-state index < -0.39 is 12.9 Å². The summed E-state index contributed by atoms with van der Waals surface area (Å²) in [5.41, 5.74) is -0.365. The zero-order valence-electron chi connectivity index (χ0n) is 10.8. The average Bonchev–Trinajstić information content (AvgIpc) is 2.38. The second kappa shape index (κ2) is 5.71. The molecular formula is C13H17BFNO3. The molecule has 0 bridgehead atoms. The van der Waals surface area contributed by atoms with E-state index in [9.17, 15) is 9.18 Å². The predicted octanol–water partition coefficient (Wildman–Crippen LogP) is 0.378. The average molecular weight is 265 g/mol. The van der Waals surface area contributed by atoms with Crippen LogP contribution in [0, 0.1) is 11.7 Å². The minimum atomic E-state index is -1.91. The molecule has 1 aliphatic rings. The van der Waals surface area contributed by atoms with Crippen molar-refractivity contribution in [3.8, 4) is 0 Å². The Hall–Kier alpha value is -1.40. The predicted molar refractivity (Wildman–Crippen MR) is 70.5 cm³/mol. The molecule has 1 fully saturated rings. The second-order valence-electron chi connectivity index (χ2n) is 5.08. The summed E-state index contributed by atoms with van der Waals surface area (Å²) in [4.78, 5) is 13.9. The molecule has 2 N–H and O–H groups in total. The van der Waals surface area contributed by atoms with Crippen LogP contribution in [-0.4, -0.2) is 41.1 Å². The molecule has 0 aromatic heterocycles. The quantitative estimate of drug-likeness (QED) is 0.760. The molecule has 1 saturated heterocycles. The number of rotatable bonds is 2. The van der Waals surface area contributed by atoms with Crippen molar-refractivity contribution in [3.63, 3.8) is 0 Å². The standard InChI is InChI=1S/C13H17BFNO3/c1-9-4-3-7-16(8-9)13(17)10-5-2-6-11(12(10)15)14(18)19/h2,5-6,9,18-19H,3-4,7-8H2,1H3. The Morgan fingerprint density at radius 2 is 2.21 bits per heavy atom. The molecule has 1 unspecified atom stereocenters. The Kier molecular flexibility index (Phi) is 4.22. The Labute approximate surface area is 112 Å². The first kappa shape index (κ1) is 14.0. The molecule has 0 spiro atoms. The van der Waals surface area contributed by atoms with Gasteiger partial charge in [-0.2, -0.15) is 0 Å². The fraction of sp³-hybridized carbons (Fsp3) is 0.462. The molecule has 6 heteroatoms. The van der Waals surface area contributed by atoms with Crippen LogP contribution in [0.2, 0.25) is 0 Å². The number of halogens is 1. The smallest absolute Gasteiger partial charge is 0.423 e. The van der Waals surface area contributed by atoms with E-state index >= 15 is 0 Å². The molecule has 1 aliphatic heterocycles. The molecule has 1 aromatic rings. The lowest BCUT2D eigenvalue weighted by Crippen LogP contribution is -2.41. The van der Waals surface area contributed by atoms with Crippen molar-refractivity contribution in [1.82, 2.24) is 4.90 Å². The molecule has 4 nitrogen and oxygen atoms in total. The van der Waals surface area contributed by atoms with Crippen LogP contribution in [0.15, 0.2) is 18.2 Å². The van der Waals surface area contributed by atoms with E-state index in [0.29, 0.717) is 19.0 Å². The molecule has 102 valence electrons. The van der Waals surface area contributed by atoms with Crippen LogP contribution in [0.25, 0.3) is 0 Å². The van der Waals surface area contributed by atoms with Crippen LogP contribution in [-0.2, 0) is 0 Å². The lowest BCUT2D eigenvalue weighted by atomic mass is 9.79. The van der Waals surface area contributed by atoms with Gasteiger partial charge in [0.1, 0.15) is 5.82 Å². The highest BCUT2D eigenvalue weighted by Crippen LogP contribution is 2.18. The van der Waals surface area contributed by atoms with Gasteiger partial charge in [0.2, 0.25) is 0 Å². The summed E-state index contributed by atoms with van der Waals surface area (Å²) in [6, 6.07) is 4.09. The third-order valence-electron chi connectivity index (χ3n) is 3.48. The summed E-state index contributed by atoms with van der Waals surface area (Å²) in [6.45, 7) is 3.29. The highest BCUT2D eigenvalue weighted by Gasteiger charge is 2.27. The summed E-state index contributed by atoms with van der Waals surface area (Å²) in [5, 5.41) is 18.1.